The third-order valence-corrected chi connectivity index (χ3v) is 3.64. The van der Waals surface area contributed by atoms with Gasteiger partial charge in [0.2, 0.25) is 0 Å². The normalized spacial score (nSPS) is 41.1. The summed E-state index contributed by atoms with van der Waals surface area (Å²) in [5.41, 5.74) is 0.863. The van der Waals surface area contributed by atoms with Crippen LogP contribution in [-0.4, -0.2) is 54.6 Å². The van der Waals surface area contributed by atoms with Crippen molar-refractivity contribution in [3.63, 3.8) is 0 Å². The van der Waals surface area contributed by atoms with Crippen LogP contribution in [-0.2, 0) is 18.9 Å². The Labute approximate surface area is 116 Å². The smallest absolute Gasteiger partial charge is 0.186 e. The largest absolute Gasteiger partial charge is 0.387 e. The summed E-state index contributed by atoms with van der Waals surface area (Å²) < 4.78 is 21.9. The van der Waals surface area contributed by atoms with E-state index in [1.54, 1.807) is 0 Å². The average Bonchev–Trinajstić information content (AvgIpc) is 2.51. The highest BCUT2D eigenvalue weighted by Gasteiger charge is 2.48. The highest BCUT2D eigenvalue weighted by Crippen LogP contribution is 2.33. The molecule has 2 fully saturated rings. The van der Waals surface area contributed by atoms with Gasteiger partial charge in [-0.2, -0.15) is 0 Å². The van der Waals surface area contributed by atoms with Gasteiger partial charge in [0.1, 0.15) is 24.4 Å². The van der Waals surface area contributed by atoms with Crippen LogP contribution in [0.15, 0.2) is 30.3 Å². The lowest BCUT2D eigenvalue weighted by Crippen LogP contribution is -2.62. The Morgan fingerprint density at radius 3 is 2.55 bits per heavy atom. The van der Waals surface area contributed by atoms with Crippen molar-refractivity contribution in [2.75, 3.05) is 13.7 Å². The number of fused-ring (bicyclic) bond motifs is 1. The Balaban J connectivity index is 1.74. The standard InChI is InChI=1S/C14H18O6/c1-17-14-11(16)10(15)12-9(19-14)7-18-13(20-12)8-5-3-2-4-6-8/h2-6,9-16H,7H2,1H3/t9?,10-,11?,12-,13?,14+/m0/s1. The van der Waals surface area contributed by atoms with E-state index in [4.69, 9.17) is 18.9 Å². The van der Waals surface area contributed by atoms with Crippen LogP contribution in [0.25, 0.3) is 0 Å². The Morgan fingerprint density at radius 1 is 1.10 bits per heavy atom. The zero-order valence-electron chi connectivity index (χ0n) is 11.1. The molecule has 0 radical (unpaired) electrons. The highest BCUT2D eigenvalue weighted by molar-refractivity contribution is 5.16. The summed E-state index contributed by atoms with van der Waals surface area (Å²) in [4.78, 5) is 0. The molecule has 0 aromatic heterocycles. The topological polar surface area (TPSA) is 77.4 Å². The van der Waals surface area contributed by atoms with Crippen molar-refractivity contribution in [1.82, 2.24) is 0 Å². The average molecular weight is 282 g/mol. The van der Waals surface area contributed by atoms with Crippen LogP contribution >= 0.6 is 0 Å². The van der Waals surface area contributed by atoms with Crippen molar-refractivity contribution < 1.29 is 29.2 Å². The van der Waals surface area contributed by atoms with Crippen LogP contribution in [0.3, 0.4) is 0 Å². The van der Waals surface area contributed by atoms with Crippen molar-refractivity contribution >= 4 is 0 Å². The molecule has 2 heterocycles. The Bertz CT molecular complexity index is 437. The molecule has 2 aliphatic rings. The lowest BCUT2D eigenvalue weighted by atomic mass is 9.98. The number of rotatable bonds is 2. The summed E-state index contributed by atoms with van der Waals surface area (Å²) in [5, 5.41) is 20.1. The molecule has 0 aliphatic carbocycles. The summed E-state index contributed by atoms with van der Waals surface area (Å²) in [5.74, 6) is 0. The predicted molar refractivity (Wildman–Crippen MR) is 67.7 cm³/mol. The van der Waals surface area contributed by atoms with Gasteiger partial charge in [0.25, 0.3) is 0 Å². The number of aliphatic hydroxyl groups is 2. The van der Waals surface area contributed by atoms with Crippen LogP contribution in [0.4, 0.5) is 0 Å². The van der Waals surface area contributed by atoms with E-state index in [9.17, 15) is 10.2 Å². The summed E-state index contributed by atoms with van der Waals surface area (Å²) >= 11 is 0. The van der Waals surface area contributed by atoms with E-state index in [1.165, 1.54) is 7.11 Å². The minimum atomic E-state index is -1.14. The van der Waals surface area contributed by atoms with Crippen molar-refractivity contribution in [1.29, 1.82) is 0 Å². The van der Waals surface area contributed by atoms with Gasteiger partial charge in [0.15, 0.2) is 12.6 Å². The fourth-order valence-corrected chi connectivity index (χ4v) is 2.55. The molecular formula is C14H18O6. The van der Waals surface area contributed by atoms with Crippen LogP contribution < -0.4 is 0 Å². The maximum atomic E-state index is 10.1. The maximum Gasteiger partial charge on any atom is 0.186 e. The summed E-state index contributed by atoms with van der Waals surface area (Å²) in [7, 11) is 1.41. The van der Waals surface area contributed by atoms with Gasteiger partial charge in [-0.3, -0.25) is 0 Å². The lowest BCUT2D eigenvalue weighted by Gasteiger charge is -2.45. The molecule has 20 heavy (non-hydrogen) atoms. The molecule has 6 heteroatoms. The van der Waals surface area contributed by atoms with Gasteiger partial charge in [-0.05, 0) is 0 Å². The monoisotopic (exact) mass is 282 g/mol. The van der Waals surface area contributed by atoms with E-state index < -0.39 is 37.0 Å². The van der Waals surface area contributed by atoms with Gasteiger partial charge >= 0.3 is 0 Å². The van der Waals surface area contributed by atoms with Crippen LogP contribution in [0.5, 0.6) is 0 Å². The first-order chi connectivity index (χ1) is 9.70. The van der Waals surface area contributed by atoms with Gasteiger partial charge in [0.05, 0.1) is 6.61 Å². The number of hydrogen-bond acceptors (Lipinski definition) is 6. The van der Waals surface area contributed by atoms with Gasteiger partial charge in [-0.15, -0.1) is 0 Å². The minimum absolute atomic E-state index is 0.272. The molecule has 3 unspecified atom stereocenters. The molecule has 1 aromatic carbocycles. The summed E-state index contributed by atoms with van der Waals surface area (Å²) in [6.45, 7) is 0.272. The SMILES string of the molecule is CO[C@@H]1OC2COC(c3ccccc3)O[C@@H]2[C@@H](O)C1O. The van der Waals surface area contributed by atoms with Crippen molar-refractivity contribution in [3.05, 3.63) is 35.9 Å². The second-order valence-corrected chi connectivity index (χ2v) is 4.94. The summed E-state index contributed by atoms with van der Waals surface area (Å²) in [6.07, 6.45) is -4.76. The molecule has 6 atom stereocenters. The fraction of sp³-hybridized carbons (Fsp3) is 0.571. The molecule has 110 valence electrons. The van der Waals surface area contributed by atoms with Crippen molar-refractivity contribution in [2.45, 2.75) is 37.0 Å². The van der Waals surface area contributed by atoms with E-state index in [0.29, 0.717) is 0 Å². The van der Waals surface area contributed by atoms with E-state index in [2.05, 4.69) is 0 Å². The molecule has 0 amide bonds. The van der Waals surface area contributed by atoms with E-state index in [0.717, 1.165) is 5.56 Å². The highest BCUT2D eigenvalue weighted by atomic mass is 16.7. The molecule has 2 saturated heterocycles. The number of hydrogen-bond donors (Lipinski definition) is 2. The first-order valence-electron chi connectivity index (χ1n) is 6.57. The van der Waals surface area contributed by atoms with Crippen LogP contribution in [0.1, 0.15) is 11.9 Å². The van der Waals surface area contributed by atoms with Gasteiger partial charge in [-0.1, -0.05) is 30.3 Å². The van der Waals surface area contributed by atoms with E-state index in [-0.39, 0.29) is 6.61 Å². The molecular weight excluding hydrogens is 264 g/mol. The Morgan fingerprint density at radius 2 is 1.85 bits per heavy atom. The number of aliphatic hydroxyl groups excluding tert-OH is 2. The first kappa shape index (κ1) is 13.9. The second-order valence-electron chi connectivity index (χ2n) is 4.94. The molecule has 2 aliphatic heterocycles. The predicted octanol–water partition coefficient (Wildman–Crippen LogP) is 0.194. The zero-order valence-corrected chi connectivity index (χ0v) is 11.1. The van der Waals surface area contributed by atoms with Gasteiger partial charge in [0, 0.05) is 12.7 Å². The molecule has 0 spiro atoms. The molecule has 1 aromatic rings. The first-order valence-corrected chi connectivity index (χ1v) is 6.57. The second kappa shape index (κ2) is 5.77. The van der Waals surface area contributed by atoms with Crippen molar-refractivity contribution in [2.24, 2.45) is 0 Å². The Kier molecular flexibility index (Phi) is 4.02. The third kappa shape index (κ3) is 2.46. The molecule has 3 rings (SSSR count). The molecule has 2 N–H and O–H groups in total. The maximum absolute atomic E-state index is 10.1. The third-order valence-electron chi connectivity index (χ3n) is 3.64. The molecule has 0 saturated carbocycles. The number of ether oxygens (including phenoxy) is 4. The fourth-order valence-electron chi connectivity index (χ4n) is 2.55. The van der Waals surface area contributed by atoms with Gasteiger partial charge in [-0.25, -0.2) is 0 Å². The van der Waals surface area contributed by atoms with E-state index in [1.807, 2.05) is 30.3 Å². The van der Waals surface area contributed by atoms with Crippen molar-refractivity contribution in [3.8, 4) is 0 Å². The summed E-state index contributed by atoms with van der Waals surface area (Å²) in [6, 6.07) is 9.45. The lowest BCUT2D eigenvalue weighted by molar-refractivity contribution is -0.358. The number of benzene rings is 1. The minimum Gasteiger partial charge on any atom is -0.387 e. The molecule has 6 nitrogen and oxygen atoms in total. The van der Waals surface area contributed by atoms with Crippen LogP contribution in [0.2, 0.25) is 0 Å². The van der Waals surface area contributed by atoms with Crippen LogP contribution in [0, 0.1) is 0 Å². The quantitative estimate of drug-likeness (QED) is 0.806. The Hall–Kier alpha value is -1.02. The van der Waals surface area contributed by atoms with Gasteiger partial charge < -0.3 is 29.2 Å². The number of methoxy groups -OCH3 is 1. The zero-order chi connectivity index (χ0) is 14.1. The van der Waals surface area contributed by atoms with E-state index >= 15 is 0 Å². The molecule has 0 bridgehead atoms.